The molecule has 1 atom stereocenters. The van der Waals surface area contributed by atoms with E-state index in [0.29, 0.717) is 38.9 Å². The molecule has 2 heterocycles. The Morgan fingerprint density at radius 2 is 1.45 bits per heavy atom. The van der Waals surface area contributed by atoms with Crippen molar-refractivity contribution in [2.24, 2.45) is 0 Å². The highest BCUT2D eigenvalue weighted by Crippen LogP contribution is 2.44. The Kier molecular flexibility index (Phi) is 7.02. The van der Waals surface area contributed by atoms with Gasteiger partial charge in [0.1, 0.15) is 18.2 Å². The molecule has 8 heteroatoms. The summed E-state index contributed by atoms with van der Waals surface area (Å²) in [6, 6.07) is 25.5. The highest BCUT2D eigenvalue weighted by Gasteiger charge is 2.50. The van der Waals surface area contributed by atoms with Gasteiger partial charge in [0.15, 0.2) is 0 Å². The van der Waals surface area contributed by atoms with Crippen LogP contribution in [0.4, 0.5) is 4.79 Å². The third-order valence-corrected chi connectivity index (χ3v) is 8.62. The quantitative estimate of drug-likeness (QED) is 0.466. The fourth-order valence-corrected chi connectivity index (χ4v) is 6.32. The van der Waals surface area contributed by atoms with Crippen LogP contribution < -0.4 is 5.32 Å². The lowest BCUT2D eigenvalue weighted by Crippen LogP contribution is -2.68. The maximum absolute atomic E-state index is 13.8. The van der Waals surface area contributed by atoms with Crippen molar-refractivity contribution >= 4 is 18.0 Å². The lowest BCUT2D eigenvalue weighted by Gasteiger charge is -2.47. The topological polar surface area (TPSA) is 99.2 Å². The first-order chi connectivity index (χ1) is 19.4. The summed E-state index contributed by atoms with van der Waals surface area (Å²) in [7, 11) is 0. The van der Waals surface area contributed by atoms with E-state index in [4.69, 9.17) is 4.74 Å². The van der Waals surface area contributed by atoms with Gasteiger partial charge in [0.2, 0.25) is 5.91 Å². The number of carboxylic acid groups (broad SMARTS) is 1. The Bertz CT molecular complexity index is 1370. The number of rotatable bonds is 7. The minimum absolute atomic E-state index is 0.0932. The number of ether oxygens (including phenoxy) is 1. The summed E-state index contributed by atoms with van der Waals surface area (Å²) in [5, 5.41) is 12.5. The zero-order chi connectivity index (χ0) is 27.7. The van der Waals surface area contributed by atoms with E-state index in [0.717, 1.165) is 28.8 Å². The number of hydrogen-bond donors (Lipinski definition) is 2. The summed E-state index contributed by atoms with van der Waals surface area (Å²) >= 11 is 0. The van der Waals surface area contributed by atoms with Gasteiger partial charge in [-0.2, -0.15) is 0 Å². The third kappa shape index (κ3) is 4.84. The SMILES string of the molecule is O=C(NC1(C(=O)N2CCC2C(=O)O)CCN(Cc2ccccc2)CC1)OCC1c2ccccc2-c2ccccc21. The number of amides is 2. The number of benzene rings is 3. The van der Waals surface area contributed by atoms with Crippen molar-refractivity contribution in [3.8, 4) is 11.1 Å². The molecule has 2 amide bonds. The molecule has 2 N–H and O–H groups in total. The number of nitrogens with zero attached hydrogens (tertiary/aromatic N) is 2. The van der Waals surface area contributed by atoms with Gasteiger partial charge in [0.25, 0.3) is 0 Å². The van der Waals surface area contributed by atoms with Crippen LogP contribution in [0, 0.1) is 0 Å². The summed E-state index contributed by atoms with van der Waals surface area (Å²) in [6.07, 6.45) is 0.527. The Hall–Kier alpha value is -4.17. The van der Waals surface area contributed by atoms with Gasteiger partial charge in [-0.25, -0.2) is 9.59 Å². The van der Waals surface area contributed by atoms with Crippen LogP contribution in [0.2, 0.25) is 0 Å². The number of carbonyl (C=O) groups excluding carboxylic acids is 2. The first-order valence-electron chi connectivity index (χ1n) is 13.9. The molecule has 40 heavy (non-hydrogen) atoms. The van der Waals surface area contributed by atoms with E-state index in [1.165, 1.54) is 10.5 Å². The van der Waals surface area contributed by atoms with Crippen LogP contribution in [-0.4, -0.2) is 70.7 Å². The zero-order valence-corrected chi connectivity index (χ0v) is 22.3. The fraction of sp³-hybridized carbons (Fsp3) is 0.344. The van der Waals surface area contributed by atoms with E-state index >= 15 is 0 Å². The zero-order valence-electron chi connectivity index (χ0n) is 22.3. The number of carbonyl (C=O) groups is 3. The summed E-state index contributed by atoms with van der Waals surface area (Å²) in [5.41, 5.74) is 4.48. The second-order valence-corrected chi connectivity index (χ2v) is 10.9. The maximum atomic E-state index is 13.8. The van der Waals surface area contributed by atoms with Crippen LogP contribution >= 0.6 is 0 Å². The van der Waals surface area contributed by atoms with Crippen LogP contribution in [0.1, 0.15) is 41.9 Å². The molecule has 8 nitrogen and oxygen atoms in total. The second-order valence-electron chi connectivity index (χ2n) is 10.9. The van der Waals surface area contributed by atoms with E-state index in [2.05, 4.69) is 46.6 Å². The summed E-state index contributed by atoms with van der Waals surface area (Å²) in [5.74, 6) is -1.44. The Morgan fingerprint density at radius 3 is 2.02 bits per heavy atom. The number of hydrogen-bond acceptors (Lipinski definition) is 5. The average Bonchev–Trinajstić information content (AvgIpc) is 3.26. The van der Waals surface area contributed by atoms with Crippen LogP contribution in [0.3, 0.4) is 0 Å². The monoisotopic (exact) mass is 539 g/mol. The number of carboxylic acids is 1. The predicted octanol–water partition coefficient (Wildman–Crippen LogP) is 4.25. The highest BCUT2D eigenvalue weighted by molar-refractivity contribution is 5.94. The molecule has 2 aliphatic heterocycles. The van der Waals surface area contributed by atoms with Crippen molar-refractivity contribution in [3.63, 3.8) is 0 Å². The van der Waals surface area contributed by atoms with Crippen LogP contribution in [0.15, 0.2) is 78.9 Å². The number of fused-ring (bicyclic) bond motifs is 3. The van der Waals surface area contributed by atoms with E-state index < -0.39 is 23.6 Å². The minimum Gasteiger partial charge on any atom is -0.480 e. The minimum atomic E-state index is -1.20. The molecule has 2 fully saturated rings. The van der Waals surface area contributed by atoms with E-state index in [1.54, 1.807) is 0 Å². The molecular formula is C32H33N3O5. The fourth-order valence-electron chi connectivity index (χ4n) is 6.32. The van der Waals surface area contributed by atoms with Gasteiger partial charge in [0, 0.05) is 32.1 Å². The van der Waals surface area contributed by atoms with E-state index in [1.807, 2.05) is 42.5 Å². The summed E-state index contributed by atoms with van der Waals surface area (Å²) in [4.78, 5) is 42.4. The number of aliphatic carboxylic acids is 1. The number of alkyl carbamates (subject to hydrolysis) is 1. The molecule has 0 aromatic heterocycles. The smallest absolute Gasteiger partial charge is 0.408 e. The Morgan fingerprint density at radius 1 is 0.850 bits per heavy atom. The molecule has 3 aromatic rings. The molecule has 1 aliphatic carbocycles. The first-order valence-corrected chi connectivity index (χ1v) is 13.9. The van der Waals surface area contributed by atoms with Gasteiger partial charge in [-0.3, -0.25) is 9.69 Å². The van der Waals surface area contributed by atoms with Crippen molar-refractivity contribution < 1.29 is 24.2 Å². The Labute approximate surface area is 233 Å². The molecular weight excluding hydrogens is 506 g/mol. The molecule has 3 aliphatic rings. The van der Waals surface area contributed by atoms with Gasteiger partial charge in [-0.15, -0.1) is 0 Å². The molecule has 1 unspecified atom stereocenters. The predicted molar refractivity (Wildman–Crippen MR) is 150 cm³/mol. The van der Waals surface area contributed by atoms with E-state index in [-0.39, 0.29) is 18.4 Å². The summed E-state index contributed by atoms with van der Waals surface area (Å²) < 4.78 is 5.80. The van der Waals surface area contributed by atoms with Crippen LogP contribution in [0.25, 0.3) is 11.1 Å². The molecule has 0 spiro atoms. The molecule has 0 saturated carbocycles. The standard InChI is InChI=1S/C32H33N3O5/c36-29(37)28-14-17-35(28)30(38)32(15-18-34(19-16-32)20-22-8-2-1-3-9-22)33-31(39)40-21-27-25-12-6-4-10-23(25)24-11-5-7-13-26(24)27/h1-13,27-28H,14-21H2,(H,33,39)(H,36,37). The van der Waals surface area contributed by atoms with Gasteiger partial charge >= 0.3 is 12.1 Å². The first kappa shape index (κ1) is 26.1. The summed E-state index contributed by atoms with van der Waals surface area (Å²) in [6.45, 7) is 2.45. The number of piperidine rings is 1. The van der Waals surface area contributed by atoms with Crippen molar-refractivity contribution in [1.82, 2.24) is 15.1 Å². The van der Waals surface area contributed by atoms with Gasteiger partial charge in [-0.05, 0) is 47.1 Å². The van der Waals surface area contributed by atoms with Gasteiger partial charge in [0.05, 0.1) is 0 Å². The van der Waals surface area contributed by atoms with E-state index in [9.17, 15) is 19.5 Å². The molecule has 2 saturated heterocycles. The van der Waals surface area contributed by atoms with Crippen LogP contribution in [-0.2, 0) is 20.9 Å². The van der Waals surface area contributed by atoms with Crippen LogP contribution in [0.5, 0.6) is 0 Å². The molecule has 3 aromatic carbocycles. The normalized spacial score (nSPS) is 19.7. The lowest BCUT2D eigenvalue weighted by atomic mass is 9.83. The number of likely N-dealkylation sites (tertiary alicyclic amines) is 2. The van der Waals surface area contributed by atoms with Gasteiger partial charge < -0.3 is 20.1 Å². The highest BCUT2D eigenvalue weighted by atomic mass is 16.5. The third-order valence-electron chi connectivity index (χ3n) is 8.62. The molecule has 206 valence electrons. The average molecular weight is 540 g/mol. The Balaban J connectivity index is 1.17. The van der Waals surface area contributed by atoms with Crippen molar-refractivity contribution in [2.45, 2.75) is 43.3 Å². The van der Waals surface area contributed by atoms with Crippen molar-refractivity contribution in [1.29, 1.82) is 0 Å². The van der Waals surface area contributed by atoms with Crippen molar-refractivity contribution in [3.05, 3.63) is 95.6 Å². The molecule has 0 bridgehead atoms. The molecule has 6 rings (SSSR count). The lowest BCUT2D eigenvalue weighted by molar-refractivity contribution is -0.161. The van der Waals surface area contributed by atoms with Gasteiger partial charge in [-0.1, -0.05) is 78.9 Å². The second kappa shape index (κ2) is 10.8. The largest absolute Gasteiger partial charge is 0.480 e. The number of nitrogens with one attached hydrogen (secondary N) is 1. The maximum Gasteiger partial charge on any atom is 0.408 e. The molecule has 0 radical (unpaired) electrons. The van der Waals surface area contributed by atoms with Crippen molar-refractivity contribution in [2.75, 3.05) is 26.2 Å².